The van der Waals surface area contributed by atoms with E-state index in [4.69, 9.17) is 0 Å². The zero-order valence-electron chi connectivity index (χ0n) is 17.9. The molecule has 8 nitrogen and oxygen atoms in total. The number of halogens is 3. The minimum atomic E-state index is -4.37. The van der Waals surface area contributed by atoms with Gasteiger partial charge in [-0.05, 0) is 25.0 Å². The number of piperidine rings is 1. The van der Waals surface area contributed by atoms with Gasteiger partial charge in [0.2, 0.25) is 10.0 Å². The van der Waals surface area contributed by atoms with Crippen LogP contribution in [0.4, 0.5) is 18.9 Å². The molecule has 2 aliphatic heterocycles. The van der Waals surface area contributed by atoms with Gasteiger partial charge in [-0.2, -0.15) is 13.2 Å². The van der Waals surface area contributed by atoms with Crippen LogP contribution in [-0.2, 0) is 10.0 Å². The van der Waals surface area contributed by atoms with E-state index in [-0.39, 0.29) is 25.3 Å². The average molecular weight is 483 g/mol. The molecule has 0 amide bonds. The first-order valence-electron chi connectivity index (χ1n) is 10.9. The van der Waals surface area contributed by atoms with E-state index in [1.165, 1.54) is 0 Å². The number of hydrogen-bond donors (Lipinski definition) is 1. The highest BCUT2D eigenvalue weighted by Crippen LogP contribution is 2.34. The number of H-pyrrole nitrogens is 1. The molecule has 0 aromatic carbocycles. The molecule has 12 heteroatoms. The number of sulfonamides is 1. The Labute approximate surface area is 189 Å². The molecule has 3 aromatic heterocycles. The van der Waals surface area contributed by atoms with Crippen LogP contribution in [0.1, 0.15) is 12.8 Å². The number of anilines is 1. The maximum Gasteiger partial charge on any atom is 0.393 e. The molecular weight excluding hydrogens is 457 g/mol. The van der Waals surface area contributed by atoms with E-state index < -0.39 is 28.7 Å². The second-order valence-corrected chi connectivity index (χ2v) is 10.6. The fourth-order valence-corrected chi connectivity index (χ4v) is 6.49. The van der Waals surface area contributed by atoms with Crippen LogP contribution in [0.2, 0.25) is 0 Å². The number of fused-ring (bicyclic) bond motifs is 3. The Balaban J connectivity index is 1.28. The van der Waals surface area contributed by atoms with Crippen molar-refractivity contribution in [3.8, 4) is 0 Å². The summed E-state index contributed by atoms with van der Waals surface area (Å²) >= 11 is 0. The summed E-state index contributed by atoms with van der Waals surface area (Å²) in [6.07, 6.45) is 1.18. The largest absolute Gasteiger partial charge is 0.393 e. The fraction of sp³-hybridized carbons (Fsp3) is 0.524. The summed E-state index contributed by atoms with van der Waals surface area (Å²) in [6.45, 7) is 1.90. The van der Waals surface area contributed by atoms with Crippen molar-refractivity contribution in [2.24, 2.45) is 5.92 Å². The smallest absolute Gasteiger partial charge is 0.368 e. The summed E-state index contributed by atoms with van der Waals surface area (Å²) in [7, 11) is -3.80. The molecule has 0 saturated carbocycles. The molecule has 178 valence electrons. The molecule has 1 unspecified atom stereocenters. The molecular formula is C21H25F3N6O2S. The number of nitrogens with zero attached hydrogens (tertiary/aromatic N) is 5. The number of nitrogens with one attached hydrogen (secondary N) is 1. The van der Waals surface area contributed by atoms with E-state index in [1.807, 2.05) is 23.2 Å². The topological polar surface area (TPSA) is 85.4 Å². The molecule has 2 aliphatic rings. The molecule has 0 bridgehead atoms. The highest BCUT2D eigenvalue weighted by Gasteiger charge is 2.44. The lowest BCUT2D eigenvalue weighted by atomic mass is 9.99. The first-order valence-corrected chi connectivity index (χ1v) is 12.6. The van der Waals surface area contributed by atoms with Gasteiger partial charge in [-0.25, -0.2) is 22.7 Å². The normalized spacial score (nSPS) is 21.8. The molecule has 2 saturated heterocycles. The Morgan fingerprint density at radius 1 is 1.09 bits per heavy atom. The van der Waals surface area contributed by atoms with Crippen LogP contribution in [0.25, 0.3) is 21.9 Å². The van der Waals surface area contributed by atoms with Crippen molar-refractivity contribution in [2.45, 2.75) is 19.0 Å². The predicted molar refractivity (Wildman–Crippen MR) is 119 cm³/mol. The van der Waals surface area contributed by atoms with Crippen molar-refractivity contribution in [2.75, 3.05) is 50.0 Å². The van der Waals surface area contributed by atoms with Gasteiger partial charge in [-0.15, -0.1) is 0 Å². The number of rotatable bonds is 4. The van der Waals surface area contributed by atoms with Crippen molar-refractivity contribution in [3.05, 3.63) is 30.7 Å². The monoisotopic (exact) mass is 482 g/mol. The van der Waals surface area contributed by atoms with Gasteiger partial charge in [0.25, 0.3) is 0 Å². The summed E-state index contributed by atoms with van der Waals surface area (Å²) in [5.41, 5.74) is 2.59. The van der Waals surface area contributed by atoms with E-state index in [0.29, 0.717) is 31.8 Å². The summed E-state index contributed by atoms with van der Waals surface area (Å²) in [4.78, 5) is 15.9. The summed E-state index contributed by atoms with van der Waals surface area (Å²) < 4.78 is 66.0. The summed E-state index contributed by atoms with van der Waals surface area (Å²) in [6, 6.07) is 3.92. The number of aromatic nitrogens is 3. The third kappa shape index (κ3) is 4.38. The van der Waals surface area contributed by atoms with Crippen molar-refractivity contribution < 1.29 is 21.6 Å². The van der Waals surface area contributed by atoms with E-state index >= 15 is 0 Å². The van der Waals surface area contributed by atoms with E-state index in [0.717, 1.165) is 26.3 Å². The third-order valence-corrected chi connectivity index (χ3v) is 8.38. The molecule has 1 atom stereocenters. The Hall–Kier alpha value is -2.44. The van der Waals surface area contributed by atoms with Crippen LogP contribution in [0.15, 0.2) is 30.7 Å². The Kier molecular flexibility index (Phi) is 5.69. The number of pyridine rings is 2. The second kappa shape index (κ2) is 8.41. The predicted octanol–water partition coefficient (Wildman–Crippen LogP) is 2.79. The SMILES string of the molecule is O=S(=O)(CN1CCN(c2cc[nH]c3cnc4nccc4c23)CC1)N1CCCC(C(F)(F)F)C1. The maximum atomic E-state index is 13.1. The molecule has 0 radical (unpaired) electrons. The van der Waals surface area contributed by atoms with Gasteiger partial charge in [0.05, 0.1) is 17.6 Å². The van der Waals surface area contributed by atoms with E-state index in [9.17, 15) is 21.6 Å². The highest BCUT2D eigenvalue weighted by molar-refractivity contribution is 7.89. The Morgan fingerprint density at radius 2 is 1.88 bits per heavy atom. The van der Waals surface area contributed by atoms with Crippen LogP contribution < -0.4 is 4.90 Å². The zero-order valence-corrected chi connectivity index (χ0v) is 18.7. The standard InChI is InChI=1S/C21H25F3N6O2S/c22-21(23,24)15-2-1-7-30(13-15)33(31,32)14-28-8-10-29(11-9-28)18-4-6-25-17-12-27-20-16(19(17)18)3-5-26-20/h3-6,12,15,25H,1-2,7-11,13-14H2. The van der Waals surface area contributed by atoms with Crippen LogP contribution in [0.3, 0.4) is 0 Å². The van der Waals surface area contributed by atoms with Gasteiger partial charge in [-0.1, -0.05) is 0 Å². The molecule has 1 N–H and O–H groups in total. The first kappa shape index (κ1) is 22.4. The lowest BCUT2D eigenvalue weighted by Crippen LogP contribution is -2.52. The molecule has 33 heavy (non-hydrogen) atoms. The summed E-state index contributed by atoms with van der Waals surface area (Å²) in [5.74, 6) is -1.84. The minimum Gasteiger partial charge on any atom is -0.368 e. The van der Waals surface area contributed by atoms with Crippen molar-refractivity contribution in [1.29, 1.82) is 0 Å². The minimum absolute atomic E-state index is 0.0155. The van der Waals surface area contributed by atoms with Crippen LogP contribution in [-0.4, -0.2) is 83.9 Å². The molecule has 0 spiro atoms. The van der Waals surface area contributed by atoms with E-state index in [1.54, 1.807) is 12.4 Å². The van der Waals surface area contributed by atoms with Crippen LogP contribution in [0, 0.1) is 5.92 Å². The lowest BCUT2D eigenvalue weighted by molar-refractivity contribution is -0.182. The molecule has 0 aliphatic carbocycles. The van der Waals surface area contributed by atoms with Gasteiger partial charge in [-0.3, -0.25) is 4.90 Å². The number of alkyl halides is 3. The Bertz CT molecular complexity index is 1250. The van der Waals surface area contributed by atoms with Crippen LogP contribution >= 0.6 is 0 Å². The van der Waals surface area contributed by atoms with Gasteiger partial charge >= 0.3 is 6.18 Å². The molecule has 5 rings (SSSR count). The maximum absolute atomic E-state index is 13.1. The van der Waals surface area contributed by atoms with Gasteiger partial charge in [0.15, 0.2) is 5.65 Å². The zero-order chi connectivity index (χ0) is 23.2. The lowest BCUT2D eigenvalue weighted by Gasteiger charge is -2.38. The van der Waals surface area contributed by atoms with Gasteiger partial charge in [0, 0.05) is 68.1 Å². The Morgan fingerprint density at radius 3 is 2.64 bits per heavy atom. The summed E-state index contributed by atoms with van der Waals surface area (Å²) in [5, 5.41) is 1.97. The van der Waals surface area contributed by atoms with Crippen molar-refractivity contribution >= 4 is 37.6 Å². The molecule has 3 aromatic rings. The molecule has 2 fully saturated rings. The quantitative estimate of drug-likeness (QED) is 0.616. The van der Waals surface area contributed by atoms with Crippen LogP contribution in [0.5, 0.6) is 0 Å². The first-order chi connectivity index (χ1) is 15.7. The number of aromatic amines is 1. The van der Waals surface area contributed by atoms with Crippen molar-refractivity contribution in [3.63, 3.8) is 0 Å². The van der Waals surface area contributed by atoms with Gasteiger partial charge in [0.1, 0.15) is 5.88 Å². The molecule has 5 heterocycles. The number of piperazine rings is 1. The van der Waals surface area contributed by atoms with E-state index in [2.05, 4.69) is 19.9 Å². The highest BCUT2D eigenvalue weighted by atomic mass is 32.2. The number of hydrogen-bond acceptors (Lipinski definition) is 6. The van der Waals surface area contributed by atoms with Crippen molar-refractivity contribution in [1.82, 2.24) is 24.2 Å². The fourth-order valence-electron chi connectivity index (χ4n) is 4.79. The van der Waals surface area contributed by atoms with Gasteiger partial charge < -0.3 is 9.88 Å². The third-order valence-electron chi connectivity index (χ3n) is 6.57. The second-order valence-electron chi connectivity index (χ2n) is 8.68. The average Bonchev–Trinajstić information content (AvgIpc) is 3.28.